The molecule has 0 bridgehead atoms. The van der Waals surface area contributed by atoms with E-state index in [4.69, 9.17) is 11.6 Å². The smallest absolute Gasteiger partial charge is 0.256 e. The van der Waals surface area contributed by atoms with Crippen molar-refractivity contribution in [2.45, 2.75) is 26.7 Å². The van der Waals surface area contributed by atoms with Crippen LogP contribution in [0, 0.1) is 13.8 Å². The normalized spacial score (nSPS) is 13.8. The van der Waals surface area contributed by atoms with Crippen molar-refractivity contribution in [1.29, 1.82) is 0 Å². The maximum Gasteiger partial charge on any atom is 0.256 e. The molecule has 5 heteroatoms. The number of anilines is 1. The molecule has 0 unspecified atom stereocenters. The Morgan fingerprint density at radius 3 is 2.40 bits per heavy atom. The Kier molecular flexibility index (Phi) is 5.09. The predicted octanol–water partition coefficient (Wildman–Crippen LogP) is 4.45. The molecule has 0 saturated carbocycles. The maximum atomic E-state index is 12.8. The van der Waals surface area contributed by atoms with Gasteiger partial charge >= 0.3 is 0 Å². The van der Waals surface area contributed by atoms with Crippen molar-refractivity contribution in [3.05, 3.63) is 63.7 Å². The average Bonchev–Trinajstić information content (AvgIpc) is 3.10. The van der Waals surface area contributed by atoms with Crippen molar-refractivity contribution in [2.24, 2.45) is 0 Å². The minimum Gasteiger partial charge on any atom is -0.339 e. The number of likely N-dealkylation sites (tertiary alicyclic amines) is 1. The largest absolute Gasteiger partial charge is 0.339 e. The van der Waals surface area contributed by atoms with Crippen LogP contribution in [0.25, 0.3) is 0 Å². The Morgan fingerprint density at radius 2 is 1.72 bits per heavy atom. The van der Waals surface area contributed by atoms with Gasteiger partial charge in [0.1, 0.15) is 0 Å². The summed E-state index contributed by atoms with van der Waals surface area (Å²) < 4.78 is 0. The molecule has 1 heterocycles. The molecular formula is C20H21ClN2O2. The zero-order valence-corrected chi connectivity index (χ0v) is 15.2. The van der Waals surface area contributed by atoms with E-state index in [-0.39, 0.29) is 11.8 Å². The summed E-state index contributed by atoms with van der Waals surface area (Å²) in [6.07, 6.45) is 2.02. The fourth-order valence-corrected chi connectivity index (χ4v) is 3.32. The fourth-order valence-electron chi connectivity index (χ4n) is 3.15. The molecule has 0 aromatic heterocycles. The number of carbonyl (C=O) groups excluding carboxylic acids is 2. The van der Waals surface area contributed by atoms with Gasteiger partial charge in [-0.25, -0.2) is 0 Å². The van der Waals surface area contributed by atoms with E-state index in [1.165, 1.54) is 0 Å². The summed E-state index contributed by atoms with van der Waals surface area (Å²) in [5.41, 5.74) is 3.53. The lowest BCUT2D eigenvalue weighted by Gasteiger charge is -2.18. The number of carbonyl (C=O) groups is 2. The van der Waals surface area contributed by atoms with Crippen LogP contribution in [-0.4, -0.2) is 29.8 Å². The number of hydrogen-bond acceptors (Lipinski definition) is 2. The van der Waals surface area contributed by atoms with Gasteiger partial charge in [-0.15, -0.1) is 0 Å². The molecule has 0 atom stereocenters. The van der Waals surface area contributed by atoms with Crippen molar-refractivity contribution in [2.75, 3.05) is 18.4 Å². The number of hydrogen-bond donors (Lipinski definition) is 1. The van der Waals surface area contributed by atoms with Crippen molar-refractivity contribution in [1.82, 2.24) is 4.90 Å². The monoisotopic (exact) mass is 356 g/mol. The summed E-state index contributed by atoms with van der Waals surface area (Å²) in [6, 6.07) is 10.7. The van der Waals surface area contributed by atoms with E-state index >= 15 is 0 Å². The molecule has 4 nitrogen and oxygen atoms in total. The van der Waals surface area contributed by atoms with E-state index in [1.807, 2.05) is 26.0 Å². The van der Waals surface area contributed by atoms with Crippen LogP contribution in [0.2, 0.25) is 5.02 Å². The molecule has 25 heavy (non-hydrogen) atoms. The molecule has 1 aliphatic rings. The van der Waals surface area contributed by atoms with Crippen molar-refractivity contribution >= 4 is 29.1 Å². The predicted molar refractivity (Wildman–Crippen MR) is 100 cm³/mol. The summed E-state index contributed by atoms with van der Waals surface area (Å²) in [4.78, 5) is 27.2. The SMILES string of the molecule is Cc1ccc(C(=O)Nc2ccc(Cl)cc2C(=O)N2CCCC2)c(C)c1. The van der Waals surface area contributed by atoms with Crippen LogP contribution in [-0.2, 0) is 0 Å². The van der Waals surface area contributed by atoms with Crippen molar-refractivity contribution in [3.8, 4) is 0 Å². The molecule has 0 spiro atoms. The quantitative estimate of drug-likeness (QED) is 0.883. The molecular weight excluding hydrogens is 336 g/mol. The molecule has 1 aliphatic heterocycles. The molecule has 130 valence electrons. The second-order valence-electron chi connectivity index (χ2n) is 6.46. The minimum atomic E-state index is -0.227. The van der Waals surface area contributed by atoms with Crippen LogP contribution in [0.5, 0.6) is 0 Å². The number of amides is 2. The van der Waals surface area contributed by atoms with Crippen LogP contribution in [0.1, 0.15) is 44.7 Å². The van der Waals surface area contributed by atoms with Gasteiger partial charge in [-0.1, -0.05) is 29.3 Å². The Morgan fingerprint density at radius 1 is 1.00 bits per heavy atom. The van der Waals surface area contributed by atoms with E-state index in [0.717, 1.165) is 37.1 Å². The standard InChI is InChI=1S/C20H21ClN2O2/c1-13-5-7-16(14(2)11-13)19(24)22-18-8-6-15(21)12-17(18)20(25)23-9-3-4-10-23/h5-8,11-12H,3-4,9-10H2,1-2H3,(H,22,24). The zero-order valence-electron chi connectivity index (χ0n) is 14.4. The molecule has 1 N–H and O–H groups in total. The molecule has 1 fully saturated rings. The first kappa shape index (κ1) is 17.5. The number of nitrogens with zero attached hydrogens (tertiary/aromatic N) is 1. The molecule has 2 aromatic rings. The number of aryl methyl sites for hydroxylation is 2. The Balaban J connectivity index is 1.89. The lowest BCUT2D eigenvalue weighted by molar-refractivity contribution is 0.0794. The first-order chi connectivity index (χ1) is 12.0. The van der Waals surface area contributed by atoms with E-state index in [1.54, 1.807) is 29.2 Å². The van der Waals surface area contributed by atoms with Crippen LogP contribution in [0.15, 0.2) is 36.4 Å². The highest BCUT2D eigenvalue weighted by atomic mass is 35.5. The second-order valence-corrected chi connectivity index (χ2v) is 6.90. The third-order valence-electron chi connectivity index (χ3n) is 4.48. The van der Waals surface area contributed by atoms with Crippen molar-refractivity contribution < 1.29 is 9.59 Å². The van der Waals surface area contributed by atoms with Gasteiger partial charge in [0.15, 0.2) is 0 Å². The number of nitrogens with one attached hydrogen (secondary N) is 1. The van der Waals surface area contributed by atoms with Gasteiger partial charge in [-0.05, 0) is 56.5 Å². The highest BCUT2D eigenvalue weighted by molar-refractivity contribution is 6.31. The Hall–Kier alpha value is -2.33. The molecule has 3 rings (SSSR count). The number of benzene rings is 2. The second kappa shape index (κ2) is 7.28. The summed E-state index contributed by atoms with van der Waals surface area (Å²) in [5, 5.41) is 3.35. The molecule has 2 amide bonds. The zero-order chi connectivity index (χ0) is 18.0. The Labute approximate surface area is 152 Å². The maximum absolute atomic E-state index is 12.8. The first-order valence-electron chi connectivity index (χ1n) is 8.43. The summed E-state index contributed by atoms with van der Waals surface area (Å²) in [6.45, 7) is 5.38. The minimum absolute atomic E-state index is 0.0871. The van der Waals surface area contributed by atoms with Gasteiger partial charge in [0, 0.05) is 23.7 Å². The van der Waals surface area contributed by atoms with Gasteiger partial charge in [0.05, 0.1) is 11.3 Å². The number of rotatable bonds is 3. The molecule has 0 radical (unpaired) electrons. The Bertz CT molecular complexity index is 826. The van der Waals surface area contributed by atoms with Gasteiger partial charge < -0.3 is 10.2 Å². The highest BCUT2D eigenvalue weighted by Gasteiger charge is 2.23. The molecule has 2 aromatic carbocycles. The van der Waals surface area contributed by atoms with Gasteiger partial charge in [0.25, 0.3) is 11.8 Å². The van der Waals surface area contributed by atoms with E-state index in [2.05, 4.69) is 5.32 Å². The third-order valence-corrected chi connectivity index (χ3v) is 4.72. The fraction of sp³-hybridized carbons (Fsp3) is 0.300. The third kappa shape index (κ3) is 3.85. The molecule has 0 aliphatic carbocycles. The lowest BCUT2D eigenvalue weighted by atomic mass is 10.0. The lowest BCUT2D eigenvalue weighted by Crippen LogP contribution is -2.29. The highest BCUT2D eigenvalue weighted by Crippen LogP contribution is 2.25. The molecule has 1 saturated heterocycles. The average molecular weight is 357 g/mol. The summed E-state index contributed by atoms with van der Waals surface area (Å²) in [7, 11) is 0. The topological polar surface area (TPSA) is 49.4 Å². The van der Waals surface area contributed by atoms with Crippen LogP contribution in [0.4, 0.5) is 5.69 Å². The van der Waals surface area contributed by atoms with E-state index in [9.17, 15) is 9.59 Å². The van der Waals surface area contributed by atoms with E-state index < -0.39 is 0 Å². The van der Waals surface area contributed by atoms with Gasteiger partial charge in [-0.3, -0.25) is 9.59 Å². The van der Waals surface area contributed by atoms with Crippen LogP contribution < -0.4 is 5.32 Å². The number of halogens is 1. The van der Waals surface area contributed by atoms with Crippen molar-refractivity contribution in [3.63, 3.8) is 0 Å². The summed E-state index contributed by atoms with van der Waals surface area (Å²) >= 11 is 6.08. The van der Waals surface area contributed by atoms with Crippen LogP contribution in [0.3, 0.4) is 0 Å². The van der Waals surface area contributed by atoms with Crippen LogP contribution >= 0.6 is 11.6 Å². The van der Waals surface area contributed by atoms with Gasteiger partial charge in [-0.2, -0.15) is 0 Å². The summed E-state index contributed by atoms with van der Waals surface area (Å²) in [5.74, 6) is -0.314. The first-order valence-corrected chi connectivity index (χ1v) is 8.81. The van der Waals surface area contributed by atoms with Gasteiger partial charge in [0.2, 0.25) is 0 Å². The van der Waals surface area contributed by atoms with E-state index in [0.29, 0.717) is 21.8 Å².